The third kappa shape index (κ3) is 3.43. The largest absolute Gasteiger partial charge is 0.393 e. The molecule has 3 heterocycles. The second-order valence-corrected chi connectivity index (χ2v) is 11.9. The smallest absolute Gasteiger partial charge is 0.254 e. The first-order valence-corrected chi connectivity index (χ1v) is 14.3. The lowest BCUT2D eigenvalue weighted by Crippen LogP contribution is -2.43. The van der Waals surface area contributed by atoms with E-state index < -0.39 is 11.7 Å². The summed E-state index contributed by atoms with van der Waals surface area (Å²) < 4.78 is 16.7. The molecule has 1 saturated carbocycles. The lowest BCUT2D eigenvalue weighted by Gasteiger charge is -2.32. The van der Waals surface area contributed by atoms with Gasteiger partial charge in [-0.05, 0) is 74.6 Å². The highest BCUT2D eigenvalue weighted by atomic mass is 19.1. The zero-order valence-electron chi connectivity index (χ0n) is 22.6. The highest BCUT2D eigenvalue weighted by Gasteiger charge is 2.44. The predicted molar refractivity (Wildman–Crippen MR) is 145 cm³/mol. The molecule has 3 N–H and O–H groups in total. The van der Waals surface area contributed by atoms with Gasteiger partial charge in [0.1, 0.15) is 11.4 Å². The summed E-state index contributed by atoms with van der Waals surface area (Å²) in [5, 5.41) is 25.4. The summed E-state index contributed by atoms with van der Waals surface area (Å²) in [6.45, 7) is 3.73. The molecule has 0 spiro atoms. The molecule has 3 aromatic rings. The molecule has 2 unspecified atom stereocenters. The number of carbonyl (C=O) groups excluding carboxylic acids is 2. The number of aliphatic hydroxyl groups is 2. The van der Waals surface area contributed by atoms with Crippen molar-refractivity contribution in [2.45, 2.75) is 89.5 Å². The molecule has 2 aromatic heterocycles. The Morgan fingerprint density at radius 3 is 2.67 bits per heavy atom. The van der Waals surface area contributed by atoms with E-state index in [0.29, 0.717) is 65.7 Å². The van der Waals surface area contributed by atoms with Gasteiger partial charge in [-0.15, -0.1) is 0 Å². The van der Waals surface area contributed by atoms with Gasteiger partial charge in [0.05, 0.1) is 35.6 Å². The van der Waals surface area contributed by atoms with Crippen LogP contribution in [0.25, 0.3) is 22.3 Å². The molecule has 208 valence electrons. The van der Waals surface area contributed by atoms with Gasteiger partial charge in [0.25, 0.3) is 5.56 Å². The number of pyridine rings is 2. The molecule has 0 saturated heterocycles. The van der Waals surface area contributed by atoms with Crippen LogP contribution in [0.3, 0.4) is 0 Å². The number of rotatable bonds is 3. The van der Waals surface area contributed by atoms with E-state index in [2.05, 4.69) is 5.32 Å². The third-order valence-corrected chi connectivity index (χ3v) is 9.85. The van der Waals surface area contributed by atoms with Crippen molar-refractivity contribution < 1.29 is 24.2 Å². The molecular weight excluding hydrogens is 513 g/mol. The van der Waals surface area contributed by atoms with Gasteiger partial charge >= 0.3 is 0 Å². The number of ketones is 1. The number of aromatic nitrogens is 2. The van der Waals surface area contributed by atoms with Crippen molar-refractivity contribution >= 4 is 22.6 Å². The van der Waals surface area contributed by atoms with Gasteiger partial charge in [-0.3, -0.25) is 14.4 Å². The summed E-state index contributed by atoms with van der Waals surface area (Å²) in [6.07, 6.45) is 2.91. The number of nitrogens with zero attached hydrogens (tertiary/aromatic N) is 2. The first-order chi connectivity index (χ1) is 19.1. The molecule has 0 bridgehead atoms. The molecule has 1 aliphatic heterocycles. The monoisotopic (exact) mass is 545 g/mol. The van der Waals surface area contributed by atoms with Crippen LogP contribution >= 0.6 is 0 Å². The van der Waals surface area contributed by atoms with Crippen LogP contribution in [0.5, 0.6) is 0 Å². The standard InChI is InChI=1S/C31H32FN3O5/c1-3-31(40)20-11-24-28-19(13-35(24)30(39)18(20)7-9-25(31)37)27-22(34-29(38)15-4-5-16(36)10-15)8-6-17-14(2)21(32)12-23(33-28)26(17)27/h11-12,15-16,22,36,40H,3-10,13H2,1-2H3,(H,34,38)/t15?,16?,22-,31-/m0/s1. The maximum absolute atomic E-state index is 15.1. The van der Waals surface area contributed by atoms with Gasteiger partial charge in [0, 0.05) is 40.5 Å². The number of carbonyl (C=O) groups is 2. The van der Waals surface area contributed by atoms with Crippen molar-refractivity contribution in [3.05, 3.63) is 61.7 Å². The van der Waals surface area contributed by atoms with Gasteiger partial charge in [-0.25, -0.2) is 9.37 Å². The second kappa shape index (κ2) is 8.78. The van der Waals surface area contributed by atoms with E-state index in [-0.39, 0.29) is 60.8 Å². The van der Waals surface area contributed by atoms with Crippen LogP contribution in [0, 0.1) is 18.7 Å². The van der Waals surface area contributed by atoms with Crippen LogP contribution in [0.15, 0.2) is 16.9 Å². The van der Waals surface area contributed by atoms with Crippen molar-refractivity contribution in [1.29, 1.82) is 0 Å². The summed E-state index contributed by atoms with van der Waals surface area (Å²) in [5.41, 5.74) is 3.39. The Labute approximate surface area is 230 Å². The highest BCUT2D eigenvalue weighted by molar-refractivity contribution is 5.94. The Kier molecular flexibility index (Phi) is 5.61. The minimum atomic E-state index is -1.73. The maximum Gasteiger partial charge on any atom is 0.254 e. The number of benzene rings is 1. The summed E-state index contributed by atoms with van der Waals surface area (Å²) in [7, 11) is 0. The van der Waals surface area contributed by atoms with Gasteiger partial charge < -0.3 is 20.1 Å². The summed E-state index contributed by atoms with van der Waals surface area (Å²) in [6, 6.07) is 2.78. The molecule has 7 rings (SSSR count). The number of nitrogens with one attached hydrogen (secondary N) is 1. The van der Waals surface area contributed by atoms with E-state index in [4.69, 9.17) is 4.98 Å². The molecule has 40 heavy (non-hydrogen) atoms. The molecule has 1 fully saturated rings. The highest BCUT2D eigenvalue weighted by Crippen LogP contribution is 2.46. The molecule has 8 nitrogen and oxygen atoms in total. The quantitative estimate of drug-likeness (QED) is 0.364. The molecule has 4 aliphatic rings. The van der Waals surface area contributed by atoms with E-state index >= 15 is 4.39 Å². The van der Waals surface area contributed by atoms with Crippen LogP contribution in [0.1, 0.15) is 84.9 Å². The van der Waals surface area contributed by atoms with E-state index in [1.165, 1.54) is 6.07 Å². The number of aryl methyl sites for hydroxylation is 1. The van der Waals surface area contributed by atoms with Crippen molar-refractivity contribution in [1.82, 2.24) is 14.9 Å². The van der Waals surface area contributed by atoms with E-state index in [1.54, 1.807) is 24.5 Å². The number of hydrogen-bond acceptors (Lipinski definition) is 6. The Morgan fingerprint density at radius 1 is 1.15 bits per heavy atom. The molecule has 1 aromatic carbocycles. The Balaban J connectivity index is 1.44. The number of Topliss-reactive ketones (excluding diaryl/α,β-unsaturated/α-hetero) is 1. The molecule has 1 amide bonds. The first-order valence-electron chi connectivity index (χ1n) is 14.3. The van der Waals surface area contributed by atoms with Crippen molar-refractivity contribution in [2.24, 2.45) is 5.92 Å². The number of halogens is 1. The summed E-state index contributed by atoms with van der Waals surface area (Å²) in [4.78, 5) is 44.7. The van der Waals surface area contributed by atoms with Crippen LogP contribution in [0.4, 0.5) is 4.39 Å². The first kappa shape index (κ1) is 25.5. The van der Waals surface area contributed by atoms with Gasteiger partial charge in [-0.2, -0.15) is 0 Å². The molecule has 4 atom stereocenters. The van der Waals surface area contributed by atoms with Crippen molar-refractivity contribution in [3.8, 4) is 11.4 Å². The van der Waals surface area contributed by atoms with Crippen LogP contribution in [-0.2, 0) is 34.6 Å². The summed E-state index contributed by atoms with van der Waals surface area (Å²) >= 11 is 0. The van der Waals surface area contributed by atoms with Gasteiger partial charge in [0.15, 0.2) is 5.78 Å². The number of fused-ring (bicyclic) bond motifs is 5. The van der Waals surface area contributed by atoms with Gasteiger partial charge in [-0.1, -0.05) is 6.92 Å². The van der Waals surface area contributed by atoms with Crippen molar-refractivity contribution in [3.63, 3.8) is 0 Å². The molecule has 0 radical (unpaired) electrons. The average Bonchev–Trinajstić information content (AvgIpc) is 3.54. The van der Waals surface area contributed by atoms with Crippen LogP contribution in [-0.4, -0.2) is 37.6 Å². The fourth-order valence-corrected chi connectivity index (χ4v) is 7.57. The molecule has 3 aliphatic carbocycles. The maximum atomic E-state index is 15.1. The number of hydrogen-bond donors (Lipinski definition) is 3. The molecule has 9 heteroatoms. The fraction of sp³-hybridized carbons (Fsp3) is 0.484. The average molecular weight is 546 g/mol. The normalized spacial score (nSPS) is 26.5. The third-order valence-electron chi connectivity index (χ3n) is 9.85. The lowest BCUT2D eigenvalue weighted by atomic mass is 9.77. The van der Waals surface area contributed by atoms with Crippen LogP contribution in [0.2, 0.25) is 0 Å². The zero-order valence-corrected chi connectivity index (χ0v) is 22.6. The van der Waals surface area contributed by atoms with Gasteiger partial charge in [0.2, 0.25) is 5.91 Å². The minimum absolute atomic E-state index is 0.0998. The number of aliphatic hydroxyl groups excluding tert-OH is 1. The van der Waals surface area contributed by atoms with E-state index in [0.717, 1.165) is 22.1 Å². The topological polar surface area (TPSA) is 122 Å². The number of amides is 1. The lowest BCUT2D eigenvalue weighted by molar-refractivity contribution is -0.140. The Bertz CT molecular complexity index is 1710. The fourth-order valence-electron chi connectivity index (χ4n) is 7.57. The van der Waals surface area contributed by atoms with E-state index in [1.807, 2.05) is 0 Å². The Hall–Kier alpha value is -3.43. The Morgan fingerprint density at radius 2 is 1.95 bits per heavy atom. The minimum Gasteiger partial charge on any atom is -0.393 e. The predicted octanol–water partition coefficient (Wildman–Crippen LogP) is 3.25. The zero-order chi connectivity index (χ0) is 28.1. The van der Waals surface area contributed by atoms with E-state index in [9.17, 15) is 24.6 Å². The molecular formula is C31H32FN3O5. The SMILES string of the molecule is CC[C@@]1(O)C(=O)CCc2c1cc1n(c2=O)Cc2c-1nc1cc(F)c(C)c3c1c2[C@@H](NC(=O)C1CCC(O)C1)CC3. The second-order valence-electron chi connectivity index (χ2n) is 11.9. The summed E-state index contributed by atoms with van der Waals surface area (Å²) in [5.74, 6) is -1.01. The van der Waals surface area contributed by atoms with Crippen molar-refractivity contribution in [2.75, 3.05) is 0 Å². The van der Waals surface area contributed by atoms with Crippen LogP contribution < -0.4 is 10.9 Å².